The molecule has 4 aliphatic carbocycles. The van der Waals surface area contributed by atoms with Gasteiger partial charge in [-0.15, -0.1) is 0 Å². The summed E-state index contributed by atoms with van der Waals surface area (Å²) in [5.41, 5.74) is 37.9. The topological polar surface area (TPSA) is 13.0 Å². The lowest BCUT2D eigenvalue weighted by molar-refractivity contribution is 0.660. The number of para-hydroxylation sites is 4. The Morgan fingerprint density at radius 1 is 0.261 bits per heavy atom. The fraction of sp³-hybridized carbons (Fsp3) is 0.146. The molecular formula is C82H64B2N4. The molecule has 6 heteroatoms. The van der Waals surface area contributed by atoms with Crippen molar-refractivity contribution >= 4 is 104 Å². The van der Waals surface area contributed by atoms with Crippen LogP contribution in [-0.4, -0.2) is 13.4 Å². The molecular weight excluding hydrogens is 1060 g/mol. The molecule has 0 aromatic heterocycles. The third-order valence-electron chi connectivity index (χ3n) is 22.2. The number of allylic oxidation sites excluding steroid dienone is 2. The van der Waals surface area contributed by atoms with E-state index in [4.69, 9.17) is 0 Å². The second-order valence-electron chi connectivity index (χ2n) is 27.9. The fourth-order valence-corrected chi connectivity index (χ4v) is 18.4. The van der Waals surface area contributed by atoms with E-state index in [0.29, 0.717) is 0 Å². The fourth-order valence-electron chi connectivity index (χ4n) is 18.4. The number of benzene rings is 11. The Kier molecular flexibility index (Phi) is 9.76. The number of fused-ring (bicyclic) bond motifs is 18. The van der Waals surface area contributed by atoms with Crippen molar-refractivity contribution in [2.45, 2.75) is 77.0 Å². The Morgan fingerprint density at radius 3 is 0.909 bits per heavy atom. The maximum Gasteiger partial charge on any atom is 0.248 e. The van der Waals surface area contributed by atoms with Crippen molar-refractivity contribution in [2.75, 3.05) is 19.6 Å². The van der Waals surface area contributed by atoms with E-state index < -0.39 is 0 Å². The first-order valence-corrected chi connectivity index (χ1v) is 31.7. The molecule has 19 rings (SSSR count). The van der Waals surface area contributed by atoms with Crippen LogP contribution in [-0.2, 0) is 21.7 Å². The van der Waals surface area contributed by atoms with Crippen LogP contribution >= 0.6 is 0 Å². The minimum absolute atomic E-state index is 0.130. The average Bonchev–Trinajstić information content (AvgIpc) is 1.46. The van der Waals surface area contributed by atoms with Gasteiger partial charge in [0.2, 0.25) is 13.4 Å². The van der Waals surface area contributed by atoms with Crippen molar-refractivity contribution < 1.29 is 0 Å². The molecule has 0 spiro atoms. The molecule has 8 aliphatic rings. The predicted octanol–water partition coefficient (Wildman–Crippen LogP) is 17.9. The highest BCUT2D eigenvalue weighted by Gasteiger charge is 2.59. The minimum Gasteiger partial charge on any atom is -0.311 e. The molecule has 0 atom stereocenters. The van der Waals surface area contributed by atoms with E-state index in [1.165, 1.54) is 156 Å². The third-order valence-corrected chi connectivity index (χ3v) is 22.2. The van der Waals surface area contributed by atoms with Gasteiger partial charge in [-0.25, -0.2) is 0 Å². The quantitative estimate of drug-likeness (QED) is 0.163. The standard InChI is InChI=1S/C82H64B2N4/c1-79(2)57-41-25-21-37-53(57)69-61(79)45-67-71-75(69)87(51-33-17-11-18-34-51)73-55-39-23-27-43-59(55)81(5,6)77(73)83(71)63-47-64-66(48-65(63)85(67)49-29-13-9-14-30-49)86(50-31-15-10-16-32-50)68-46-62-70(54-38-22-26-42-58(54)80(62,3)4)76-72(68)84(64)78-74(88(76)52-35-19-12-20-36-52)56-40-24-28-44-60(56)82(78,7)8/h9-48H,1-8H3. The van der Waals surface area contributed by atoms with Crippen molar-refractivity contribution in [3.8, 4) is 22.3 Å². The lowest BCUT2D eigenvalue weighted by Gasteiger charge is -2.49. The van der Waals surface area contributed by atoms with Gasteiger partial charge in [-0.1, -0.05) is 242 Å². The molecule has 88 heavy (non-hydrogen) atoms. The van der Waals surface area contributed by atoms with Crippen molar-refractivity contribution in [2.24, 2.45) is 0 Å². The average molecular weight is 1130 g/mol. The van der Waals surface area contributed by atoms with Crippen LogP contribution in [0, 0.1) is 0 Å². The Balaban J connectivity index is 1.01. The predicted molar refractivity (Wildman–Crippen MR) is 371 cm³/mol. The molecule has 4 heterocycles. The molecule has 4 nitrogen and oxygen atoms in total. The summed E-state index contributed by atoms with van der Waals surface area (Å²) >= 11 is 0. The van der Waals surface area contributed by atoms with Crippen LogP contribution in [0.25, 0.3) is 33.6 Å². The molecule has 0 fully saturated rings. The molecule has 418 valence electrons. The first-order valence-electron chi connectivity index (χ1n) is 31.7. The Bertz CT molecular complexity index is 4690. The first-order chi connectivity index (χ1) is 42.8. The molecule has 0 N–H and O–H groups in total. The van der Waals surface area contributed by atoms with Gasteiger partial charge in [-0.2, -0.15) is 0 Å². The van der Waals surface area contributed by atoms with E-state index in [1.807, 2.05) is 0 Å². The highest BCUT2D eigenvalue weighted by atomic mass is 15.2. The molecule has 0 saturated heterocycles. The Morgan fingerprint density at radius 2 is 0.557 bits per heavy atom. The lowest BCUT2D eigenvalue weighted by atomic mass is 9.27. The van der Waals surface area contributed by atoms with Crippen LogP contribution < -0.4 is 41.5 Å². The SMILES string of the molecule is CC1(C)C2=C(c3ccccc31)N(c1ccccc1)c1c3c(cc4c1-c1ccccc1C4(C)C)N(c1ccccc1)c1cc4c(cc1B23)B1C2=C(c3ccccc3C2(C)C)N(c2ccccc2)c2c1c(cc1c2-c2ccccc2C1(C)C)N4c1ccccc1. The summed E-state index contributed by atoms with van der Waals surface area (Å²) in [5, 5.41) is 0. The number of rotatable bonds is 4. The molecule has 11 aromatic rings. The Hall–Kier alpha value is -9.77. The van der Waals surface area contributed by atoms with Gasteiger partial charge in [-0.3, -0.25) is 0 Å². The summed E-state index contributed by atoms with van der Waals surface area (Å²) in [6.45, 7) is 19.6. The lowest BCUT2D eigenvalue weighted by Crippen LogP contribution is -2.62. The smallest absolute Gasteiger partial charge is 0.248 e. The maximum atomic E-state index is 2.77. The third kappa shape index (κ3) is 6.09. The van der Waals surface area contributed by atoms with Crippen LogP contribution in [0.3, 0.4) is 0 Å². The Labute approximate surface area is 517 Å². The highest BCUT2D eigenvalue weighted by Crippen LogP contribution is 2.65. The summed E-state index contributed by atoms with van der Waals surface area (Å²) in [6, 6.07) is 93.3. The number of hydrogen-bond donors (Lipinski definition) is 0. The van der Waals surface area contributed by atoms with E-state index in [9.17, 15) is 0 Å². The van der Waals surface area contributed by atoms with Gasteiger partial charge in [0.25, 0.3) is 0 Å². The number of nitrogens with zero attached hydrogens (tertiary/aromatic N) is 4. The molecule has 0 unspecified atom stereocenters. The van der Waals surface area contributed by atoms with Crippen LogP contribution in [0.2, 0.25) is 0 Å². The van der Waals surface area contributed by atoms with E-state index in [0.717, 1.165) is 11.4 Å². The number of anilines is 10. The maximum absolute atomic E-state index is 2.77. The van der Waals surface area contributed by atoms with E-state index in [-0.39, 0.29) is 35.1 Å². The zero-order chi connectivity index (χ0) is 59.1. The van der Waals surface area contributed by atoms with Gasteiger partial charge in [-0.05, 0) is 133 Å². The molecule has 0 amide bonds. The van der Waals surface area contributed by atoms with Gasteiger partial charge in [0, 0.05) is 101 Å². The van der Waals surface area contributed by atoms with Crippen molar-refractivity contribution in [3.05, 3.63) is 298 Å². The summed E-state index contributed by atoms with van der Waals surface area (Å²) in [4.78, 5) is 10.8. The summed E-state index contributed by atoms with van der Waals surface area (Å²) < 4.78 is 0. The minimum atomic E-state index is -0.362. The van der Waals surface area contributed by atoms with Crippen molar-refractivity contribution in [1.29, 1.82) is 0 Å². The largest absolute Gasteiger partial charge is 0.311 e. The van der Waals surface area contributed by atoms with E-state index >= 15 is 0 Å². The molecule has 0 radical (unpaired) electrons. The molecule has 0 bridgehead atoms. The van der Waals surface area contributed by atoms with Gasteiger partial charge in [0.05, 0.1) is 11.4 Å². The van der Waals surface area contributed by atoms with Gasteiger partial charge in [0.15, 0.2) is 0 Å². The zero-order valence-corrected chi connectivity index (χ0v) is 51.0. The molecule has 11 aromatic carbocycles. The zero-order valence-electron chi connectivity index (χ0n) is 51.0. The summed E-state index contributed by atoms with van der Waals surface area (Å²) in [7, 11) is 0. The molecule has 0 saturated carbocycles. The van der Waals surface area contributed by atoms with Gasteiger partial charge in [0.1, 0.15) is 0 Å². The summed E-state index contributed by atoms with van der Waals surface area (Å²) in [5.74, 6) is 0. The summed E-state index contributed by atoms with van der Waals surface area (Å²) in [6.07, 6.45) is 0. The monoisotopic (exact) mass is 1130 g/mol. The highest BCUT2D eigenvalue weighted by molar-refractivity contribution is 6.99. The van der Waals surface area contributed by atoms with Crippen LogP contribution in [0.15, 0.2) is 254 Å². The van der Waals surface area contributed by atoms with Gasteiger partial charge < -0.3 is 19.6 Å². The second kappa shape index (κ2) is 17.1. The van der Waals surface area contributed by atoms with Crippen molar-refractivity contribution in [1.82, 2.24) is 0 Å². The second-order valence-corrected chi connectivity index (χ2v) is 27.9. The molecule has 4 aliphatic heterocycles. The van der Waals surface area contributed by atoms with E-state index in [2.05, 4.69) is 318 Å². The normalized spacial score (nSPS) is 17.7. The van der Waals surface area contributed by atoms with E-state index in [1.54, 1.807) is 0 Å². The van der Waals surface area contributed by atoms with Crippen LogP contribution in [0.4, 0.5) is 56.9 Å². The first kappa shape index (κ1) is 50.4. The van der Waals surface area contributed by atoms with Crippen molar-refractivity contribution in [3.63, 3.8) is 0 Å². The van der Waals surface area contributed by atoms with Gasteiger partial charge >= 0.3 is 0 Å². The number of hydrogen-bond acceptors (Lipinski definition) is 4. The van der Waals surface area contributed by atoms with Crippen LogP contribution in [0.5, 0.6) is 0 Å². The van der Waals surface area contributed by atoms with Crippen LogP contribution in [0.1, 0.15) is 99.9 Å².